The van der Waals surface area contributed by atoms with Crippen molar-refractivity contribution in [1.82, 2.24) is 34.0 Å². The number of aromatic nitrogens is 5. The average Bonchev–Trinajstić information content (AvgIpc) is 3.54. The molecule has 0 saturated carbocycles. The molecular formula is C28H30FN7O2S. The Labute approximate surface area is 231 Å². The third-order valence-corrected chi connectivity index (χ3v) is 7.32. The van der Waals surface area contributed by atoms with E-state index in [1.807, 2.05) is 43.6 Å². The van der Waals surface area contributed by atoms with Crippen LogP contribution in [0.15, 0.2) is 67.1 Å². The molecule has 1 atom stereocenters. The van der Waals surface area contributed by atoms with Gasteiger partial charge < -0.3 is 4.18 Å². The maximum absolute atomic E-state index is 13.9. The molecule has 0 radical (unpaired) electrons. The van der Waals surface area contributed by atoms with Gasteiger partial charge in [0, 0.05) is 45.4 Å². The van der Waals surface area contributed by atoms with Crippen LogP contribution in [-0.2, 0) is 13.5 Å². The smallest absolute Gasteiger partial charge is 0.228 e. The minimum absolute atomic E-state index is 0.0281. The Bertz CT molecular complexity index is 1470. The number of rotatable bonds is 7. The molecule has 1 aliphatic rings. The number of halogens is 1. The highest BCUT2D eigenvalue weighted by molar-refractivity contribution is 7.92. The Kier molecular flexibility index (Phi) is 8.20. The first kappa shape index (κ1) is 26.8. The molecule has 4 aromatic rings. The largest absolute Gasteiger partial charge is 0.388 e. The lowest BCUT2D eigenvalue weighted by atomic mass is 9.92. The van der Waals surface area contributed by atoms with Gasteiger partial charge >= 0.3 is 0 Å². The summed E-state index contributed by atoms with van der Waals surface area (Å²) in [5.41, 5.74) is 4.00. The van der Waals surface area contributed by atoms with Crippen LogP contribution in [0, 0.1) is 18.7 Å². The van der Waals surface area contributed by atoms with Gasteiger partial charge in [-0.15, -0.1) is 0 Å². The molecule has 0 N–H and O–H groups in total. The molecule has 9 nitrogen and oxygen atoms in total. The van der Waals surface area contributed by atoms with Gasteiger partial charge in [0.1, 0.15) is 11.5 Å². The lowest BCUT2D eigenvalue weighted by Crippen LogP contribution is -2.42. The fourth-order valence-corrected chi connectivity index (χ4v) is 5.09. The Morgan fingerprint density at radius 3 is 2.72 bits per heavy atom. The van der Waals surface area contributed by atoms with Crippen LogP contribution in [0.3, 0.4) is 0 Å². The van der Waals surface area contributed by atoms with E-state index in [0.717, 1.165) is 28.9 Å². The summed E-state index contributed by atoms with van der Waals surface area (Å²) in [7, 11) is 3.73. The molecule has 0 amide bonds. The van der Waals surface area contributed by atoms with Crippen LogP contribution in [0.25, 0.3) is 11.8 Å². The Hall–Kier alpha value is -3.80. The maximum Gasteiger partial charge on any atom is 0.228 e. The lowest BCUT2D eigenvalue weighted by molar-refractivity contribution is 0.0599. The highest BCUT2D eigenvalue weighted by atomic mass is 32.2. The summed E-state index contributed by atoms with van der Waals surface area (Å²) in [6.45, 7) is 3.08. The van der Waals surface area contributed by atoms with Crippen molar-refractivity contribution < 1.29 is 13.4 Å². The SMILES string of the molecule is Cc1ccnc(C(=O)[C@H]2Cc3cnn(-c4ccc(F)cc4)c3/C=C/CCN(N(C)SOc3ccnn3C)C2)c1. The zero-order valence-electron chi connectivity index (χ0n) is 22.1. The summed E-state index contributed by atoms with van der Waals surface area (Å²) in [6.07, 6.45) is 10.5. The van der Waals surface area contributed by atoms with Crippen molar-refractivity contribution in [3.8, 4) is 11.6 Å². The van der Waals surface area contributed by atoms with Crippen LogP contribution in [-0.4, -0.2) is 59.9 Å². The number of carbonyl (C=O) groups is 1. The fraction of sp³-hybridized carbons (Fsp3) is 0.286. The van der Waals surface area contributed by atoms with Gasteiger partial charge in [-0.2, -0.15) is 14.6 Å². The van der Waals surface area contributed by atoms with Gasteiger partial charge in [0.05, 0.1) is 23.8 Å². The second-order valence-electron chi connectivity index (χ2n) is 9.45. The number of hydrogen-bond acceptors (Lipinski definition) is 8. The minimum Gasteiger partial charge on any atom is -0.388 e. The van der Waals surface area contributed by atoms with Crippen molar-refractivity contribution in [3.05, 3.63) is 95.5 Å². The van der Waals surface area contributed by atoms with Gasteiger partial charge in [-0.1, -0.05) is 6.08 Å². The van der Waals surface area contributed by atoms with Gasteiger partial charge in [0.25, 0.3) is 0 Å². The molecule has 0 unspecified atom stereocenters. The molecular weight excluding hydrogens is 517 g/mol. The molecule has 0 aliphatic carbocycles. The van der Waals surface area contributed by atoms with Crippen molar-refractivity contribution in [1.29, 1.82) is 0 Å². The van der Waals surface area contributed by atoms with Crippen molar-refractivity contribution in [2.75, 3.05) is 20.1 Å². The summed E-state index contributed by atoms with van der Waals surface area (Å²) < 4.78 is 24.8. The van der Waals surface area contributed by atoms with E-state index in [1.54, 1.807) is 46.2 Å². The molecule has 0 bridgehead atoms. The monoisotopic (exact) mass is 547 g/mol. The van der Waals surface area contributed by atoms with Crippen molar-refractivity contribution in [2.24, 2.45) is 13.0 Å². The quantitative estimate of drug-likeness (QED) is 0.187. The van der Waals surface area contributed by atoms with Crippen LogP contribution in [0.5, 0.6) is 5.88 Å². The molecule has 11 heteroatoms. The van der Waals surface area contributed by atoms with Gasteiger partial charge in [0.15, 0.2) is 18.0 Å². The van der Waals surface area contributed by atoms with Crippen LogP contribution in [0.4, 0.5) is 4.39 Å². The van der Waals surface area contributed by atoms with E-state index in [1.165, 1.54) is 24.4 Å². The van der Waals surface area contributed by atoms with Gasteiger partial charge in [-0.25, -0.2) is 18.8 Å². The molecule has 1 aliphatic heterocycles. The van der Waals surface area contributed by atoms with E-state index < -0.39 is 5.92 Å². The second-order valence-corrected chi connectivity index (χ2v) is 10.3. The molecule has 5 rings (SSSR count). The number of pyridine rings is 1. The number of ketones is 1. The summed E-state index contributed by atoms with van der Waals surface area (Å²) in [6, 6.07) is 11.7. The molecule has 202 valence electrons. The topological polar surface area (TPSA) is 81.3 Å². The molecule has 0 saturated heterocycles. The summed E-state index contributed by atoms with van der Waals surface area (Å²) in [5, 5.41) is 10.9. The van der Waals surface area contributed by atoms with E-state index in [-0.39, 0.29) is 11.6 Å². The normalized spacial score (nSPS) is 17.1. The van der Waals surface area contributed by atoms with E-state index in [0.29, 0.717) is 31.1 Å². The molecule has 3 aromatic heterocycles. The highest BCUT2D eigenvalue weighted by Crippen LogP contribution is 2.26. The van der Waals surface area contributed by atoms with Crippen LogP contribution in [0.1, 0.15) is 33.7 Å². The Balaban J connectivity index is 1.45. The van der Waals surface area contributed by atoms with Crippen LogP contribution in [0.2, 0.25) is 0 Å². The molecule has 39 heavy (non-hydrogen) atoms. The van der Waals surface area contributed by atoms with Crippen LogP contribution < -0.4 is 4.18 Å². The predicted molar refractivity (Wildman–Crippen MR) is 148 cm³/mol. The first-order valence-electron chi connectivity index (χ1n) is 12.7. The number of aryl methyl sites for hydroxylation is 2. The number of hydrogen-bond donors (Lipinski definition) is 0. The third-order valence-electron chi connectivity index (χ3n) is 6.63. The first-order valence-corrected chi connectivity index (χ1v) is 13.4. The molecule has 0 fully saturated rings. The first-order chi connectivity index (χ1) is 18.9. The van der Waals surface area contributed by atoms with Crippen molar-refractivity contribution >= 4 is 24.1 Å². The third kappa shape index (κ3) is 6.27. The maximum atomic E-state index is 13.9. The van der Waals surface area contributed by atoms with E-state index in [4.69, 9.17) is 4.18 Å². The van der Waals surface area contributed by atoms with Crippen LogP contribution >= 0.6 is 12.2 Å². The average molecular weight is 548 g/mol. The minimum atomic E-state index is -0.393. The van der Waals surface area contributed by atoms with Gasteiger partial charge in [0.2, 0.25) is 5.88 Å². The predicted octanol–water partition coefficient (Wildman–Crippen LogP) is 4.70. The standard InChI is InChI=1S/C28H30FN7O2S/c1-20-11-13-30-25(16-20)28(37)22-17-21-18-32-36(24-9-7-23(29)8-10-24)26(21)6-4-5-15-35(19-22)34(3)39-38-27-12-14-31-33(27)2/h4,6-14,16,18,22H,5,15,17,19H2,1-3H3/b6-4+/t22-/m0/s1. The number of fused-ring (bicyclic) bond motifs is 1. The van der Waals surface area contributed by atoms with Gasteiger partial charge in [-0.05, 0) is 73.4 Å². The number of benzene rings is 1. The molecule has 4 heterocycles. The number of Topliss-reactive ketones (excluding diaryl/α,β-unsaturated/α-hetero) is 1. The van der Waals surface area contributed by atoms with Crippen molar-refractivity contribution in [2.45, 2.75) is 19.8 Å². The van der Waals surface area contributed by atoms with E-state index in [9.17, 15) is 9.18 Å². The molecule has 1 aromatic carbocycles. The summed E-state index contributed by atoms with van der Waals surface area (Å²) >= 11 is 1.18. The Morgan fingerprint density at radius 2 is 1.97 bits per heavy atom. The lowest BCUT2D eigenvalue weighted by Gasteiger charge is -2.32. The zero-order valence-corrected chi connectivity index (χ0v) is 22.9. The van der Waals surface area contributed by atoms with E-state index in [2.05, 4.69) is 26.3 Å². The molecule has 0 spiro atoms. The summed E-state index contributed by atoms with van der Waals surface area (Å²) in [4.78, 5) is 18.2. The van der Waals surface area contributed by atoms with Crippen molar-refractivity contribution in [3.63, 3.8) is 0 Å². The Morgan fingerprint density at radius 1 is 1.15 bits per heavy atom. The second kappa shape index (κ2) is 11.9. The van der Waals surface area contributed by atoms with Gasteiger partial charge in [-0.3, -0.25) is 9.78 Å². The summed E-state index contributed by atoms with van der Waals surface area (Å²) in [5.74, 6) is -0.0968. The fourth-order valence-electron chi connectivity index (χ4n) is 4.50. The number of carbonyl (C=O) groups excluding carboxylic acids is 1. The number of nitrogens with zero attached hydrogens (tertiary/aromatic N) is 7. The zero-order chi connectivity index (χ0) is 27.4. The van der Waals surface area contributed by atoms with E-state index >= 15 is 0 Å². The highest BCUT2D eigenvalue weighted by Gasteiger charge is 2.29. The number of hydrazine groups is 1.